The zero-order chi connectivity index (χ0) is 21.4. The summed E-state index contributed by atoms with van der Waals surface area (Å²) in [5.41, 5.74) is 13.8. The molecule has 3 rings (SSSR count). The third-order valence-electron chi connectivity index (χ3n) is 4.39. The van der Waals surface area contributed by atoms with Gasteiger partial charge in [-0.05, 0) is 50.6 Å². The molecule has 0 amide bonds. The van der Waals surface area contributed by atoms with E-state index < -0.39 is 0 Å². The van der Waals surface area contributed by atoms with E-state index in [2.05, 4.69) is 27.2 Å². The quantitative estimate of drug-likeness (QED) is 0.276. The largest absolute Gasteiger partial charge is 0.370 e. The van der Waals surface area contributed by atoms with Gasteiger partial charge in [-0.15, -0.1) is 0 Å². The van der Waals surface area contributed by atoms with Crippen LogP contribution in [-0.4, -0.2) is 33.6 Å². The van der Waals surface area contributed by atoms with Crippen molar-refractivity contribution < 1.29 is 0 Å². The maximum atomic E-state index is 12.3. The summed E-state index contributed by atoms with van der Waals surface area (Å²) in [5, 5.41) is 4.34. The molecule has 0 saturated carbocycles. The van der Waals surface area contributed by atoms with Crippen LogP contribution >= 0.6 is 0 Å². The zero-order valence-electron chi connectivity index (χ0n) is 17.6. The van der Waals surface area contributed by atoms with Crippen LogP contribution in [0.2, 0.25) is 0 Å². The third kappa shape index (κ3) is 5.92. The van der Waals surface area contributed by atoms with Gasteiger partial charge in [0, 0.05) is 29.9 Å². The molecule has 0 saturated heterocycles. The number of hydrogen-bond donors (Lipinski definition) is 4. The van der Waals surface area contributed by atoms with Crippen molar-refractivity contribution in [3.8, 4) is 5.69 Å². The molecule has 2 aromatic heterocycles. The minimum Gasteiger partial charge on any atom is -0.370 e. The molecule has 29 heavy (non-hydrogen) atoms. The second-order valence-electron chi connectivity index (χ2n) is 6.58. The molecule has 0 radical (unpaired) electrons. The van der Waals surface area contributed by atoms with E-state index in [9.17, 15) is 4.79 Å². The molecule has 0 aliphatic heterocycles. The number of fused-ring (bicyclic) bond motifs is 1. The summed E-state index contributed by atoms with van der Waals surface area (Å²) in [6.45, 7) is 9.46. The lowest BCUT2D eigenvalue weighted by molar-refractivity contribution is 0.562. The monoisotopic (exact) mass is 397 g/mol. The van der Waals surface area contributed by atoms with Gasteiger partial charge in [-0.2, -0.15) is 4.98 Å². The SMILES string of the molecule is CC.Cc1cc2cn(-c3ccc([C@H](C)NCCCN=C(N)N)cc3)c(=O)nc2[nH]1. The fourth-order valence-electron chi connectivity index (χ4n) is 2.96. The van der Waals surface area contributed by atoms with Crippen LogP contribution in [-0.2, 0) is 0 Å². The molecule has 1 aromatic carbocycles. The highest BCUT2D eigenvalue weighted by Gasteiger charge is 2.08. The number of nitrogens with one attached hydrogen (secondary N) is 2. The number of aliphatic imine (C=N–C) groups is 1. The smallest absolute Gasteiger partial charge is 0.354 e. The van der Waals surface area contributed by atoms with Crippen LogP contribution in [0.3, 0.4) is 0 Å². The lowest BCUT2D eigenvalue weighted by Crippen LogP contribution is -2.24. The number of hydrogen-bond acceptors (Lipinski definition) is 4. The maximum absolute atomic E-state index is 12.3. The summed E-state index contributed by atoms with van der Waals surface area (Å²) in [6.07, 6.45) is 2.67. The van der Waals surface area contributed by atoms with E-state index in [4.69, 9.17) is 11.5 Å². The Balaban J connectivity index is 0.00000145. The van der Waals surface area contributed by atoms with Gasteiger partial charge in [0.2, 0.25) is 0 Å². The number of benzene rings is 1. The van der Waals surface area contributed by atoms with Crippen molar-refractivity contribution in [2.75, 3.05) is 13.1 Å². The number of guanidine groups is 1. The van der Waals surface area contributed by atoms with Crippen LogP contribution in [0.4, 0.5) is 0 Å². The molecule has 0 unspecified atom stereocenters. The van der Waals surface area contributed by atoms with E-state index in [-0.39, 0.29) is 17.7 Å². The Bertz CT molecular complexity index is 998. The molecule has 156 valence electrons. The van der Waals surface area contributed by atoms with E-state index in [0.29, 0.717) is 12.2 Å². The summed E-state index contributed by atoms with van der Waals surface area (Å²) in [5.74, 6) is 0.122. The molecule has 8 heteroatoms. The van der Waals surface area contributed by atoms with Gasteiger partial charge in [0.15, 0.2) is 5.96 Å². The van der Waals surface area contributed by atoms with Crippen LogP contribution in [0.5, 0.6) is 0 Å². The van der Waals surface area contributed by atoms with Crippen LogP contribution in [0.1, 0.15) is 44.5 Å². The molecular formula is C21H31N7O. The van der Waals surface area contributed by atoms with Gasteiger partial charge in [0.25, 0.3) is 0 Å². The van der Waals surface area contributed by atoms with Crippen molar-refractivity contribution in [2.45, 2.75) is 40.2 Å². The Morgan fingerprint density at radius 3 is 2.62 bits per heavy atom. The Morgan fingerprint density at radius 2 is 1.97 bits per heavy atom. The minimum absolute atomic E-state index is 0.122. The molecule has 2 heterocycles. The lowest BCUT2D eigenvalue weighted by Gasteiger charge is -2.15. The summed E-state index contributed by atoms with van der Waals surface area (Å²) < 4.78 is 1.56. The first-order valence-electron chi connectivity index (χ1n) is 9.92. The first kappa shape index (κ1) is 22.2. The second kappa shape index (κ2) is 10.4. The molecule has 3 aromatic rings. The van der Waals surface area contributed by atoms with Crippen LogP contribution < -0.4 is 22.5 Å². The predicted molar refractivity (Wildman–Crippen MR) is 119 cm³/mol. The first-order chi connectivity index (χ1) is 13.9. The molecule has 0 fully saturated rings. The second-order valence-corrected chi connectivity index (χ2v) is 6.58. The van der Waals surface area contributed by atoms with Gasteiger partial charge in [-0.25, -0.2) is 4.79 Å². The Kier molecular flexibility index (Phi) is 7.97. The Labute approximate surface area is 171 Å². The molecule has 0 bridgehead atoms. The highest BCUT2D eigenvalue weighted by molar-refractivity contribution is 5.76. The van der Waals surface area contributed by atoms with Gasteiger partial charge < -0.3 is 21.8 Å². The standard InChI is InChI=1S/C19H25N7O.C2H6/c1-12-10-15-11-26(19(27)25-17(15)24-12)16-6-4-14(5-7-16)13(2)22-8-3-9-23-18(20)21;1-2/h4-7,10-11,13,22H,3,8-9H2,1-2H3,(H4,20,21,23)(H,24,25,27);1-2H3/t13-;/m0./s1. The van der Waals surface area contributed by atoms with Crippen molar-refractivity contribution in [1.29, 1.82) is 0 Å². The maximum Gasteiger partial charge on any atom is 0.354 e. The summed E-state index contributed by atoms with van der Waals surface area (Å²) in [6, 6.07) is 10.1. The number of rotatable bonds is 7. The summed E-state index contributed by atoms with van der Waals surface area (Å²) in [4.78, 5) is 23.5. The van der Waals surface area contributed by atoms with Gasteiger partial charge >= 0.3 is 5.69 Å². The van der Waals surface area contributed by atoms with Gasteiger partial charge in [-0.3, -0.25) is 9.56 Å². The Hall–Kier alpha value is -3.13. The lowest BCUT2D eigenvalue weighted by atomic mass is 10.1. The van der Waals surface area contributed by atoms with Crippen molar-refractivity contribution >= 4 is 17.0 Å². The number of nitrogens with two attached hydrogens (primary N) is 2. The number of H-pyrrole nitrogens is 1. The topological polar surface area (TPSA) is 127 Å². The predicted octanol–water partition coefficient (Wildman–Crippen LogP) is 2.36. The normalized spacial score (nSPS) is 11.6. The number of aromatic nitrogens is 3. The average molecular weight is 398 g/mol. The molecule has 1 atom stereocenters. The molecule has 8 nitrogen and oxygen atoms in total. The van der Waals surface area contributed by atoms with Crippen LogP contribution in [0.15, 0.2) is 46.3 Å². The van der Waals surface area contributed by atoms with E-state index in [1.54, 1.807) is 4.57 Å². The first-order valence-corrected chi connectivity index (χ1v) is 9.92. The Morgan fingerprint density at radius 1 is 1.28 bits per heavy atom. The third-order valence-corrected chi connectivity index (χ3v) is 4.39. The molecule has 0 spiro atoms. The highest BCUT2D eigenvalue weighted by atomic mass is 16.1. The summed E-state index contributed by atoms with van der Waals surface area (Å²) >= 11 is 0. The molecular weight excluding hydrogens is 366 g/mol. The summed E-state index contributed by atoms with van der Waals surface area (Å²) in [7, 11) is 0. The molecule has 0 aliphatic carbocycles. The number of nitrogens with zero attached hydrogens (tertiary/aromatic N) is 3. The van der Waals surface area contributed by atoms with E-state index in [0.717, 1.165) is 35.3 Å². The number of aromatic amines is 1. The van der Waals surface area contributed by atoms with Gasteiger partial charge in [-0.1, -0.05) is 26.0 Å². The molecule has 6 N–H and O–H groups in total. The fraction of sp³-hybridized carbons (Fsp3) is 0.381. The zero-order valence-corrected chi connectivity index (χ0v) is 17.6. The minimum atomic E-state index is -0.303. The van der Waals surface area contributed by atoms with E-state index >= 15 is 0 Å². The van der Waals surface area contributed by atoms with E-state index in [1.165, 1.54) is 0 Å². The highest BCUT2D eigenvalue weighted by Crippen LogP contribution is 2.17. The number of aryl methyl sites for hydroxylation is 1. The fourth-order valence-corrected chi connectivity index (χ4v) is 2.96. The van der Waals surface area contributed by atoms with E-state index in [1.807, 2.05) is 57.3 Å². The van der Waals surface area contributed by atoms with Crippen molar-refractivity contribution in [2.24, 2.45) is 16.5 Å². The van der Waals surface area contributed by atoms with Gasteiger partial charge in [0.05, 0.1) is 5.69 Å². The van der Waals surface area contributed by atoms with Crippen LogP contribution in [0, 0.1) is 6.92 Å². The van der Waals surface area contributed by atoms with Crippen molar-refractivity contribution in [3.05, 3.63) is 58.3 Å². The van der Waals surface area contributed by atoms with Crippen molar-refractivity contribution in [1.82, 2.24) is 19.9 Å². The van der Waals surface area contributed by atoms with Crippen LogP contribution in [0.25, 0.3) is 16.7 Å². The van der Waals surface area contributed by atoms with Crippen molar-refractivity contribution in [3.63, 3.8) is 0 Å². The van der Waals surface area contributed by atoms with Gasteiger partial charge in [0.1, 0.15) is 5.65 Å². The average Bonchev–Trinajstić information content (AvgIpc) is 3.07. The molecule has 0 aliphatic rings.